The smallest absolute Gasteiger partial charge is 0.220 e. The second-order valence-electron chi connectivity index (χ2n) is 6.35. The highest BCUT2D eigenvalue weighted by molar-refractivity contribution is 6.30. The van der Waals surface area contributed by atoms with Gasteiger partial charge in [0.15, 0.2) is 0 Å². The van der Waals surface area contributed by atoms with E-state index in [4.69, 9.17) is 11.6 Å². The molecule has 1 N–H and O–H groups in total. The Balaban J connectivity index is 1.62. The van der Waals surface area contributed by atoms with Gasteiger partial charge in [0.05, 0.1) is 17.9 Å². The van der Waals surface area contributed by atoms with Crippen LogP contribution in [0.3, 0.4) is 0 Å². The normalized spacial score (nSPS) is 12.0. The average molecular weight is 368 g/mol. The lowest BCUT2D eigenvalue weighted by Gasteiger charge is -2.14. The molecule has 1 atom stereocenters. The molecule has 0 fully saturated rings. The molecule has 0 aliphatic carbocycles. The van der Waals surface area contributed by atoms with Crippen molar-refractivity contribution in [1.29, 1.82) is 0 Å². The van der Waals surface area contributed by atoms with Crippen molar-refractivity contribution in [3.8, 4) is 5.69 Å². The van der Waals surface area contributed by atoms with Gasteiger partial charge in [-0.15, -0.1) is 0 Å². The number of carbonyl (C=O) groups is 1. The van der Waals surface area contributed by atoms with Crippen LogP contribution in [-0.2, 0) is 11.2 Å². The molecule has 1 unspecified atom stereocenters. The molecule has 0 spiro atoms. The third-order valence-electron chi connectivity index (χ3n) is 4.42. The van der Waals surface area contributed by atoms with E-state index in [0.29, 0.717) is 17.9 Å². The molecule has 1 amide bonds. The summed E-state index contributed by atoms with van der Waals surface area (Å²) >= 11 is 5.98. The maximum atomic E-state index is 12.3. The Morgan fingerprint density at radius 1 is 1.19 bits per heavy atom. The molecule has 3 aromatic rings. The Morgan fingerprint density at radius 3 is 2.69 bits per heavy atom. The van der Waals surface area contributed by atoms with E-state index in [1.807, 2.05) is 79.3 Å². The quantitative estimate of drug-likeness (QED) is 0.689. The first-order valence-corrected chi connectivity index (χ1v) is 9.06. The average Bonchev–Trinajstić information content (AvgIpc) is 3.02. The number of hydrogen-bond donors (Lipinski definition) is 1. The van der Waals surface area contributed by atoms with E-state index in [2.05, 4.69) is 10.4 Å². The molecule has 0 saturated carbocycles. The van der Waals surface area contributed by atoms with Crippen molar-refractivity contribution >= 4 is 17.5 Å². The maximum absolute atomic E-state index is 12.3. The van der Waals surface area contributed by atoms with Gasteiger partial charge in [0.2, 0.25) is 5.91 Å². The molecular formula is C21H22ClN3O. The van der Waals surface area contributed by atoms with Gasteiger partial charge in [0.1, 0.15) is 0 Å². The standard InChI is InChI=1S/C21H22ClN3O/c1-15(24-21(26)12-11-17-7-6-8-18(22)13-17)20-14-23-25(16(20)2)19-9-4-3-5-10-19/h3-10,13-15H,11-12H2,1-2H3,(H,24,26). The van der Waals surface area contributed by atoms with Crippen molar-refractivity contribution in [2.45, 2.75) is 32.7 Å². The molecule has 26 heavy (non-hydrogen) atoms. The van der Waals surface area contributed by atoms with Gasteiger partial charge >= 0.3 is 0 Å². The fourth-order valence-electron chi connectivity index (χ4n) is 3.02. The number of nitrogens with one attached hydrogen (secondary N) is 1. The molecule has 0 saturated heterocycles. The van der Waals surface area contributed by atoms with Gasteiger partial charge in [0.25, 0.3) is 0 Å². The fraction of sp³-hybridized carbons (Fsp3) is 0.238. The number of halogens is 1. The molecule has 0 aliphatic rings. The molecule has 0 aliphatic heterocycles. The van der Waals surface area contributed by atoms with E-state index >= 15 is 0 Å². The van der Waals surface area contributed by atoms with Crippen LogP contribution in [0.2, 0.25) is 5.02 Å². The maximum Gasteiger partial charge on any atom is 0.220 e. The number of benzene rings is 2. The summed E-state index contributed by atoms with van der Waals surface area (Å²) in [6.07, 6.45) is 2.92. The minimum Gasteiger partial charge on any atom is -0.349 e. The van der Waals surface area contributed by atoms with E-state index in [0.717, 1.165) is 22.5 Å². The number of hydrogen-bond acceptors (Lipinski definition) is 2. The molecule has 2 aromatic carbocycles. The Kier molecular flexibility index (Phi) is 5.74. The largest absolute Gasteiger partial charge is 0.349 e. The zero-order chi connectivity index (χ0) is 18.5. The van der Waals surface area contributed by atoms with Crippen LogP contribution in [0.4, 0.5) is 0 Å². The first-order valence-electron chi connectivity index (χ1n) is 8.68. The number of para-hydroxylation sites is 1. The third kappa shape index (κ3) is 4.33. The van der Waals surface area contributed by atoms with E-state index in [9.17, 15) is 4.79 Å². The molecular weight excluding hydrogens is 346 g/mol. The van der Waals surface area contributed by atoms with Gasteiger partial charge in [-0.05, 0) is 50.1 Å². The molecule has 1 aromatic heterocycles. The third-order valence-corrected chi connectivity index (χ3v) is 4.66. The van der Waals surface area contributed by atoms with Crippen molar-refractivity contribution in [1.82, 2.24) is 15.1 Å². The van der Waals surface area contributed by atoms with Crippen LogP contribution in [0.15, 0.2) is 60.8 Å². The van der Waals surface area contributed by atoms with Crippen molar-refractivity contribution < 1.29 is 4.79 Å². The monoisotopic (exact) mass is 367 g/mol. The lowest BCUT2D eigenvalue weighted by atomic mass is 10.1. The van der Waals surface area contributed by atoms with Crippen LogP contribution in [0.5, 0.6) is 0 Å². The van der Waals surface area contributed by atoms with Crippen LogP contribution in [0.25, 0.3) is 5.69 Å². The lowest BCUT2D eigenvalue weighted by Crippen LogP contribution is -2.27. The van der Waals surface area contributed by atoms with Crippen molar-refractivity contribution in [2.75, 3.05) is 0 Å². The molecule has 4 nitrogen and oxygen atoms in total. The second kappa shape index (κ2) is 8.19. The van der Waals surface area contributed by atoms with E-state index in [1.54, 1.807) is 0 Å². The summed E-state index contributed by atoms with van der Waals surface area (Å²) in [5.41, 5.74) is 4.12. The van der Waals surface area contributed by atoms with Crippen molar-refractivity contribution in [3.63, 3.8) is 0 Å². The molecule has 5 heteroatoms. The minimum absolute atomic E-state index is 0.0179. The van der Waals surface area contributed by atoms with E-state index in [1.165, 1.54) is 0 Å². The Labute approximate surface area is 158 Å². The van der Waals surface area contributed by atoms with Gasteiger partial charge < -0.3 is 5.32 Å². The van der Waals surface area contributed by atoms with Gasteiger partial charge in [-0.3, -0.25) is 4.79 Å². The van der Waals surface area contributed by atoms with Gasteiger partial charge in [0, 0.05) is 22.7 Å². The topological polar surface area (TPSA) is 46.9 Å². The second-order valence-corrected chi connectivity index (χ2v) is 6.79. The number of rotatable bonds is 6. The highest BCUT2D eigenvalue weighted by Gasteiger charge is 2.16. The number of amides is 1. The molecule has 0 bridgehead atoms. The lowest BCUT2D eigenvalue weighted by molar-refractivity contribution is -0.121. The SMILES string of the molecule is Cc1c(C(C)NC(=O)CCc2cccc(Cl)c2)cnn1-c1ccccc1. The zero-order valence-electron chi connectivity index (χ0n) is 14.9. The molecule has 0 radical (unpaired) electrons. The van der Waals surface area contributed by atoms with Crippen LogP contribution in [-0.4, -0.2) is 15.7 Å². The van der Waals surface area contributed by atoms with Gasteiger partial charge in [-0.25, -0.2) is 4.68 Å². The van der Waals surface area contributed by atoms with Gasteiger partial charge in [-0.1, -0.05) is 41.9 Å². The molecule has 134 valence electrons. The van der Waals surface area contributed by atoms with Crippen LogP contribution >= 0.6 is 11.6 Å². The highest BCUT2D eigenvalue weighted by atomic mass is 35.5. The van der Waals surface area contributed by atoms with Crippen LogP contribution < -0.4 is 5.32 Å². The number of carbonyl (C=O) groups excluding carboxylic acids is 1. The zero-order valence-corrected chi connectivity index (χ0v) is 15.7. The Bertz CT molecular complexity index is 889. The summed E-state index contributed by atoms with van der Waals surface area (Å²) in [5, 5.41) is 8.22. The summed E-state index contributed by atoms with van der Waals surface area (Å²) in [6, 6.07) is 17.5. The number of aryl methyl sites for hydroxylation is 1. The van der Waals surface area contributed by atoms with E-state index < -0.39 is 0 Å². The molecule has 3 rings (SSSR count). The number of aromatic nitrogens is 2. The van der Waals surface area contributed by atoms with Crippen molar-refractivity contribution in [2.24, 2.45) is 0 Å². The summed E-state index contributed by atoms with van der Waals surface area (Å²) in [5.74, 6) is 0.0179. The summed E-state index contributed by atoms with van der Waals surface area (Å²) in [7, 11) is 0. The predicted molar refractivity (Wildman–Crippen MR) is 105 cm³/mol. The Hall–Kier alpha value is -2.59. The first kappa shape index (κ1) is 18.2. The Morgan fingerprint density at radius 2 is 1.96 bits per heavy atom. The van der Waals surface area contributed by atoms with Gasteiger partial charge in [-0.2, -0.15) is 5.10 Å². The van der Waals surface area contributed by atoms with E-state index in [-0.39, 0.29) is 11.9 Å². The summed E-state index contributed by atoms with van der Waals surface area (Å²) < 4.78 is 1.89. The van der Waals surface area contributed by atoms with Crippen LogP contribution in [0.1, 0.15) is 36.2 Å². The molecule has 1 heterocycles. The number of nitrogens with zero attached hydrogens (tertiary/aromatic N) is 2. The fourth-order valence-corrected chi connectivity index (χ4v) is 3.23. The highest BCUT2D eigenvalue weighted by Crippen LogP contribution is 2.20. The summed E-state index contributed by atoms with van der Waals surface area (Å²) in [4.78, 5) is 12.3. The summed E-state index contributed by atoms with van der Waals surface area (Å²) in [6.45, 7) is 4.00. The first-order chi connectivity index (χ1) is 12.5. The minimum atomic E-state index is -0.0978. The van der Waals surface area contributed by atoms with Crippen molar-refractivity contribution in [3.05, 3.63) is 82.6 Å². The van der Waals surface area contributed by atoms with Crippen LogP contribution in [0, 0.1) is 6.92 Å². The predicted octanol–water partition coefficient (Wildman–Crippen LogP) is 4.64.